The summed E-state index contributed by atoms with van der Waals surface area (Å²) in [6, 6.07) is 1.85. The number of carbonyl (C=O) groups is 1. The third-order valence-electron chi connectivity index (χ3n) is 2.54. The highest BCUT2D eigenvalue weighted by Gasteiger charge is 2.12. The molecule has 4 heteroatoms. The van der Waals surface area contributed by atoms with Gasteiger partial charge >= 0.3 is 5.97 Å². The lowest BCUT2D eigenvalue weighted by Crippen LogP contribution is -2.11. The zero-order valence-corrected chi connectivity index (χ0v) is 9.96. The molecule has 0 fully saturated rings. The number of carboxylic acid groups (broad SMARTS) is 1. The average Bonchev–Trinajstić information content (AvgIpc) is 2.22. The Kier molecular flexibility index (Phi) is 3.77. The first-order chi connectivity index (χ1) is 7.47. The first kappa shape index (κ1) is 12.4. The Bertz CT molecular complexity index is 410. The molecule has 1 aromatic rings. The Hall–Kier alpha value is -1.71. The maximum Gasteiger partial charge on any atom is 0.341 e. The van der Waals surface area contributed by atoms with E-state index in [1.165, 1.54) is 0 Å². The lowest BCUT2D eigenvalue weighted by Gasteiger charge is -2.15. The van der Waals surface area contributed by atoms with Gasteiger partial charge in [-0.3, -0.25) is 0 Å². The van der Waals surface area contributed by atoms with Crippen LogP contribution in [-0.4, -0.2) is 24.8 Å². The standard InChI is InChI=1S/C12H16O4/c1-7-5-10(15-4)8(2)9(3)12(7)16-6-11(13)14/h5H,6H2,1-4H3,(H,13,14). The predicted molar refractivity (Wildman–Crippen MR) is 60.3 cm³/mol. The van der Waals surface area contributed by atoms with Crippen molar-refractivity contribution in [3.05, 3.63) is 22.8 Å². The second kappa shape index (κ2) is 4.88. The number of aliphatic carboxylic acids is 1. The topological polar surface area (TPSA) is 55.8 Å². The maximum absolute atomic E-state index is 10.5. The van der Waals surface area contributed by atoms with Gasteiger partial charge in [-0.15, -0.1) is 0 Å². The van der Waals surface area contributed by atoms with Crippen LogP contribution in [0.5, 0.6) is 11.5 Å². The summed E-state index contributed by atoms with van der Waals surface area (Å²) in [5.41, 5.74) is 2.76. The minimum atomic E-state index is -0.979. The first-order valence-electron chi connectivity index (χ1n) is 4.96. The molecule has 0 aliphatic rings. The van der Waals surface area contributed by atoms with Crippen LogP contribution in [0.1, 0.15) is 16.7 Å². The summed E-state index contributed by atoms with van der Waals surface area (Å²) in [6.07, 6.45) is 0. The fraction of sp³-hybridized carbons (Fsp3) is 0.417. The molecule has 0 bridgehead atoms. The molecule has 1 aromatic carbocycles. The quantitative estimate of drug-likeness (QED) is 0.850. The van der Waals surface area contributed by atoms with E-state index in [0.717, 1.165) is 22.4 Å². The number of methoxy groups -OCH3 is 1. The highest BCUT2D eigenvalue weighted by molar-refractivity contribution is 5.68. The van der Waals surface area contributed by atoms with E-state index in [1.54, 1.807) is 7.11 Å². The van der Waals surface area contributed by atoms with Crippen molar-refractivity contribution in [1.82, 2.24) is 0 Å². The molecule has 0 saturated carbocycles. The molecule has 88 valence electrons. The lowest BCUT2D eigenvalue weighted by molar-refractivity contribution is -0.139. The van der Waals surface area contributed by atoms with Gasteiger partial charge in [0.1, 0.15) is 11.5 Å². The second-order valence-electron chi connectivity index (χ2n) is 3.66. The summed E-state index contributed by atoms with van der Waals surface area (Å²) in [5.74, 6) is 0.436. The highest BCUT2D eigenvalue weighted by atomic mass is 16.5. The Balaban J connectivity index is 3.10. The summed E-state index contributed by atoms with van der Waals surface area (Å²) < 4.78 is 10.5. The van der Waals surface area contributed by atoms with Crippen LogP contribution in [0.2, 0.25) is 0 Å². The van der Waals surface area contributed by atoms with Crippen molar-refractivity contribution < 1.29 is 19.4 Å². The summed E-state index contributed by atoms with van der Waals surface area (Å²) in [4.78, 5) is 10.5. The van der Waals surface area contributed by atoms with Gasteiger partial charge in [-0.05, 0) is 43.5 Å². The Morgan fingerprint density at radius 3 is 2.44 bits per heavy atom. The van der Waals surface area contributed by atoms with Crippen LogP contribution in [0.3, 0.4) is 0 Å². The number of ether oxygens (including phenoxy) is 2. The molecule has 0 unspecified atom stereocenters. The number of hydrogen-bond donors (Lipinski definition) is 1. The first-order valence-corrected chi connectivity index (χ1v) is 4.96. The largest absolute Gasteiger partial charge is 0.496 e. The smallest absolute Gasteiger partial charge is 0.341 e. The van der Waals surface area contributed by atoms with Crippen molar-refractivity contribution in [3.8, 4) is 11.5 Å². The van der Waals surface area contributed by atoms with Gasteiger partial charge in [0.2, 0.25) is 0 Å². The van der Waals surface area contributed by atoms with Gasteiger partial charge in [-0.25, -0.2) is 4.79 Å². The molecule has 4 nitrogen and oxygen atoms in total. The molecule has 0 amide bonds. The van der Waals surface area contributed by atoms with E-state index in [1.807, 2.05) is 26.8 Å². The maximum atomic E-state index is 10.5. The van der Waals surface area contributed by atoms with Gasteiger partial charge in [0.05, 0.1) is 7.11 Å². The summed E-state index contributed by atoms with van der Waals surface area (Å²) in [5, 5.41) is 8.58. The van der Waals surface area contributed by atoms with E-state index >= 15 is 0 Å². The van der Waals surface area contributed by atoms with Gasteiger partial charge in [-0.2, -0.15) is 0 Å². The van der Waals surface area contributed by atoms with E-state index in [2.05, 4.69) is 0 Å². The molecule has 1 N–H and O–H groups in total. The summed E-state index contributed by atoms with van der Waals surface area (Å²) in [6.45, 7) is 5.35. The molecule has 16 heavy (non-hydrogen) atoms. The zero-order chi connectivity index (χ0) is 12.3. The third-order valence-corrected chi connectivity index (χ3v) is 2.54. The minimum Gasteiger partial charge on any atom is -0.496 e. The molecule has 1 rings (SSSR count). The Morgan fingerprint density at radius 2 is 1.94 bits per heavy atom. The van der Waals surface area contributed by atoms with Crippen LogP contribution in [0.15, 0.2) is 6.07 Å². The Labute approximate surface area is 94.8 Å². The number of hydrogen-bond acceptors (Lipinski definition) is 3. The number of carboxylic acids is 1. The normalized spacial score (nSPS) is 10.0. The number of aryl methyl sites for hydroxylation is 1. The third kappa shape index (κ3) is 2.45. The van der Waals surface area contributed by atoms with Crippen LogP contribution >= 0.6 is 0 Å². The van der Waals surface area contributed by atoms with Crippen LogP contribution < -0.4 is 9.47 Å². The molecule has 0 saturated heterocycles. The fourth-order valence-corrected chi connectivity index (χ4v) is 1.59. The van der Waals surface area contributed by atoms with Gasteiger partial charge in [-0.1, -0.05) is 0 Å². The van der Waals surface area contributed by atoms with Crippen molar-refractivity contribution in [1.29, 1.82) is 0 Å². The van der Waals surface area contributed by atoms with Crippen LogP contribution in [-0.2, 0) is 4.79 Å². The van der Waals surface area contributed by atoms with Crippen LogP contribution in [0.25, 0.3) is 0 Å². The highest BCUT2D eigenvalue weighted by Crippen LogP contribution is 2.32. The molecule has 0 aliphatic heterocycles. The lowest BCUT2D eigenvalue weighted by atomic mass is 10.0. The van der Waals surface area contributed by atoms with E-state index in [4.69, 9.17) is 14.6 Å². The summed E-state index contributed by atoms with van der Waals surface area (Å²) >= 11 is 0. The van der Waals surface area contributed by atoms with Gasteiger partial charge in [0.25, 0.3) is 0 Å². The SMILES string of the molecule is COc1cc(C)c(OCC(=O)O)c(C)c1C. The minimum absolute atomic E-state index is 0.326. The number of benzene rings is 1. The molecule has 0 heterocycles. The van der Waals surface area contributed by atoms with Crippen molar-refractivity contribution in [2.45, 2.75) is 20.8 Å². The van der Waals surface area contributed by atoms with E-state index in [-0.39, 0.29) is 6.61 Å². The zero-order valence-electron chi connectivity index (χ0n) is 9.96. The average molecular weight is 224 g/mol. The van der Waals surface area contributed by atoms with Gasteiger partial charge < -0.3 is 14.6 Å². The van der Waals surface area contributed by atoms with Gasteiger partial charge in [0, 0.05) is 0 Å². The fourth-order valence-electron chi connectivity index (χ4n) is 1.59. The molecule has 0 aliphatic carbocycles. The molecular weight excluding hydrogens is 208 g/mol. The van der Waals surface area contributed by atoms with E-state index in [0.29, 0.717) is 5.75 Å². The predicted octanol–water partition coefficient (Wildman–Crippen LogP) is 2.08. The van der Waals surface area contributed by atoms with Crippen molar-refractivity contribution >= 4 is 5.97 Å². The van der Waals surface area contributed by atoms with Crippen molar-refractivity contribution in [2.75, 3.05) is 13.7 Å². The van der Waals surface area contributed by atoms with Gasteiger partial charge in [0.15, 0.2) is 6.61 Å². The molecule has 0 atom stereocenters. The molecular formula is C12H16O4. The van der Waals surface area contributed by atoms with Crippen molar-refractivity contribution in [2.24, 2.45) is 0 Å². The van der Waals surface area contributed by atoms with Crippen molar-refractivity contribution in [3.63, 3.8) is 0 Å². The molecule has 0 radical (unpaired) electrons. The van der Waals surface area contributed by atoms with E-state index < -0.39 is 5.97 Å². The monoisotopic (exact) mass is 224 g/mol. The second-order valence-corrected chi connectivity index (χ2v) is 3.66. The molecule has 0 aromatic heterocycles. The molecule has 0 spiro atoms. The van der Waals surface area contributed by atoms with Crippen LogP contribution in [0, 0.1) is 20.8 Å². The summed E-state index contributed by atoms with van der Waals surface area (Å²) in [7, 11) is 1.61. The van der Waals surface area contributed by atoms with E-state index in [9.17, 15) is 4.79 Å². The van der Waals surface area contributed by atoms with Crippen LogP contribution in [0.4, 0.5) is 0 Å². The number of rotatable bonds is 4. The Morgan fingerprint density at radius 1 is 1.31 bits per heavy atom.